The van der Waals surface area contributed by atoms with Crippen LogP contribution in [-0.2, 0) is 20.8 Å². The van der Waals surface area contributed by atoms with Crippen molar-refractivity contribution in [2.24, 2.45) is 0 Å². The summed E-state index contributed by atoms with van der Waals surface area (Å²) < 4.78 is 10.8. The second kappa shape index (κ2) is 10.1. The molecule has 1 heterocycles. The molecule has 0 bridgehead atoms. The van der Waals surface area contributed by atoms with Crippen molar-refractivity contribution in [1.29, 1.82) is 5.26 Å². The van der Waals surface area contributed by atoms with E-state index >= 15 is 0 Å². The highest BCUT2D eigenvalue weighted by Crippen LogP contribution is 2.33. The van der Waals surface area contributed by atoms with E-state index in [-0.39, 0.29) is 5.91 Å². The predicted octanol–water partition coefficient (Wildman–Crippen LogP) is 1.33. The Morgan fingerprint density at radius 1 is 1.20 bits per heavy atom. The minimum Gasteiger partial charge on any atom is -0.449 e. The van der Waals surface area contributed by atoms with E-state index in [9.17, 15) is 14.9 Å². The SMILES string of the molecule is C[C@@H](OC(=O)c1ccc(C[NH+]2CCOCC2)cc1)C(=O)N(C)C1(C#N)CCCCC1. The smallest absolute Gasteiger partial charge is 0.338 e. The van der Waals surface area contributed by atoms with Crippen molar-refractivity contribution in [3.05, 3.63) is 35.4 Å². The molecule has 7 nitrogen and oxygen atoms in total. The van der Waals surface area contributed by atoms with Gasteiger partial charge in [-0.1, -0.05) is 31.4 Å². The minimum absolute atomic E-state index is 0.334. The molecule has 1 aromatic carbocycles. The van der Waals surface area contributed by atoms with Gasteiger partial charge in [0, 0.05) is 12.6 Å². The average molecular weight is 415 g/mol. The number of nitrogens with zero attached hydrogens (tertiary/aromatic N) is 2. The molecule has 0 radical (unpaired) electrons. The third-order valence-electron chi connectivity index (χ3n) is 6.34. The summed E-state index contributed by atoms with van der Waals surface area (Å²) >= 11 is 0. The standard InChI is InChI=1S/C23H31N3O4/c1-18(21(27)25(2)23(17-24)10-4-3-5-11-23)30-22(28)20-8-6-19(7-9-20)16-26-12-14-29-15-13-26/h6-9,18H,3-5,10-16H2,1-2H3/p+1/t18-/m1/s1. The van der Waals surface area contributed by atoms with Crippen molar-refractivity contribution in [2.45, 2.75) is 57.2 Å². The van der Waals surface area contributed by atoms with Gasteiger partial charge in [0.2, 0.25) is 0 Å². The molecule has 1 atom stereocenters. The first-order valence-corrected chi connectivity index (χ1v) is 10.9. The quantitative estimate of drug-likeness (QED) is 0.710. The van der Waals surface area contributed by atoms with Crippen molar-refractivity contribution in [3.63, 3.8) is 0 Å². The van der Waals surface area contributed by atoms with E-state index in [1.807, 2.05) is 12.1 Å². The molecule has 1 aliphatic heterocycles. The molecular formula is C23H32N3O4+. The Labute approximate surface area is 178 Å². The van der Waals surface area contributed by atoms with Crippen LogP contribution in [0, 0.1) is 11.3 Å². The number of rotatable bonds is 6. The average Bonchev–Trinajstić information content (AvgIpc) is 2.79. The minimum atomic E-state index is -0.938. The van der Waals surface area contributed by atoms with Gasteiger partial charge in [-0.05, 0) is 31.9 Å². The van der Waals surface area contributed by atoms with Crippen LogP contribution < -0.4 is 4.90 Å². The van der Waals surface area contributed by atoms with Crippen molar-refractivity contribution in [2.75, 3.05) is 33.4 Å². The Hall–Kier alpha value is -2.43. The normalized spacial score (nSPS) is 20.0. The van der Waals surface area contributed by atoms with Crippen LogP contribution in [0.2, 0.25) is 0 Å². The highest BCUT2D eigenvalue weighted by molar-refractivity contribution is 5.92. The van der Waals surface area contributed by atoms with Gasteiger partial charge in [-0.2, -0.15) is 5.26 Å². The number of ether oxygens (including phenoxy) is 2. The van der Waals surface area contributed by atoms with E-state index in [1.54, 1.807) is 26.1 Å². The third kappa shape index (κ3) is 5.18. The topological polar surface area (TPSA) is 84.1 Å². The van der Waals surface area contributed by atoms with Crippen molar-refractivity contribution in [3.8, 4) is 6.07 Å². The Balaban J connectivity index is 1.56. The molecule has 0 unspecified atom stereocenters. The number of nitrogens with one attached hydrogen (secondary N) is 1. The summed E-state index contributed by atoms with van der Waals surface area (Å²) in [5.74, 6) is -0.858. The number of benzene rings is 1. The summed E-state index contributed by atoms with van der Waals surface area (Å²) in [4.78, 5) is 28.3. The van der Waals surface area contributed by atoms with Gasteiger partial charge in [0.25, 0.3) is 5.91 Å². The van der Waals surface area contributed by atoms with Gasteiger partial charge in [0.1, 0.15) is 25.2 Å². The molecule has 30 heavy (non-hydrogen) atoms. The highest BCUT2D eigenvalue weighted by Gasteiger charge is 2.40. The van der Waals surface area contributed by atoms with Crippen molar-refractivity contribution >= 4 is 11.9 Å². The molecule has 1 aliphatic carbocycles. The molecule has 0 aromatic heterocycles. The monoisotopic (exact) mass is 414 g/mol. The van der Waals surface area contributed by atoms with Crippen molar-refractivity contribution in [1.82, 2.24) is 4.90 Å². The predicted molar refractivity (Wildman–Crippen MR) is 111 cm³/mol. The second-order valence-corrected chi connectivity index (χ2v) is 8.38. The molecule has 7 heteroatoms. The molecule has 2 fully saturated rings. The lowest BCUT2D eigenvalue weighted by molar-refractivity contribution is -0.921. The van der Waals surface area contributed by atoms with Gasteiger partial charge in [0.15, 0.2) is 6.10 Å². The van der Waals surface area contributed by atoms with E-state index in [1.165, 1.54) is 9.80 Å². The summed E-state index contributed by atoms with van der Waals surface area (Å²) in [5, 5.41) is 9.69. The zero-order valence-electron chi connectivity index (χ0n) is 18.0. The van der Waals surface area contributed by atoms with Crippen LogP contribution in [0.5, 0.6) is 0 Å². The lowest BCUT2D eigenvalue weighted by Crippen LogP contribution is -3.12. The molecule has 1 amide bonds. The number of esters is 1. The van der Waals surface area contributed by atoms with Gasteiger partial charge in [-0.25, -0.2) is 4.79 Å². The second-order valence-electron chi connectivity index (χ2n) is 8.38. The molecule has 162 valence electrons. The van der Waals surface area contributed by atoms with Crippen LogP contribution in [0.25, 0.3) is 0 Å². The molecule has 0 spiro atoms. The van der Waals surface area contributed by atoms with Crippen LogP contribution in [-0.4, -0.2) is 61.8 Å². The fourth-order valence-corrected chi connectivity index (χ4v) is 4.31. The van der Waals surface area contributed by atoms with Gasteiger partial charge in [-0.15, -0.1) is 0 Å². The maximum Gasteiger partial charge on any atom is 0.338 e. The Bertz CT molecular complexity index is 775. The number of carbonyl (C=O) groups excluding carboxylic acids is 2. The van der Waals surface area contributed by atoms with Gasteiger partial charge in [0.05, 0.1) is 24.8 Å². The number of morpholine rings is 1. The summed E-state index contributed by atoms with van der Waals surface area (Å²) in [6, 6.07) is 9.69. The van der Waals surface area contributed by atoms with E-state index < -0.39 is 17.6 Å². The Kier molecular flexibility index (Phi) is 7.46. The highest BCUT2D eigenvalue weighted by atomic mass is 16.5. The summed E-state index contributed by atoms with van der Waals surface area (Å²) in [6.07, 6.45) is 3.33. The lowest BCUT2D eigenvalue weighted by atomic mass is 9.81. The van der Waals surface area contributed by atoms with E-state index in [0.29, 0.717) is 18.4 Å². The number of hydrogen-bond donors (Lipinski definition) is 1. The molecule has 3 rings (SSSR count). The van der Waals surface area contributed by atoms with Crippen LogP contribution in [0.3, 0.4) is 0 Å². The third-order valence-corrected chi connectivity index (χ3v) is 6.34. The van der Waals surface area contributed by atoms with Crippen molar-refractivity contribution < 1.29 is 24.0 Å². The van der Waals surface area contributed by atoms with Gasteiger partial charge < -0.3 is 19.3 Å². The van der Waals surface area contributed by atoms with Crippen LogP contribution >= 0.6 is 0 Å². The number of hydrogen-bond acceptors (Lipinski definition) is 5. The van der Waals surface area contributed by atoms with E-state index in [4.69, 9.17) is 9.47 Å². The van der Waals surface area contributed by atoms with Crippen LogP contribution in [0.1, 0.15) is 54.9 Å². The molecular weight excluding hydrogens is 382 g/mol. The van der Waals surface area contributed by atoms with Gasteiger partial charge >= 0.3 is 5.97 Å². The Morgan fingerprint density at radius 3 is 2.43 bits per heavy atom. The van der Waals surface area contributed by atoms with Crippen LogP contribution in [0.15, 0.2) is 24.3 Å². The zero-order valence-corrected chi connectivity index (χ0v) is 18.0. The molecule has 1 saturated heterocycles. The first-order valence-electron chi connectivity index (χ1n) is 10.9. The lowest BCUT2D eigenvalue weighted by Gasteiger charge is -2.39. The molecule has 2 aliphatic rings. The number of nitriles is 1. The molecule has 1 saturated carbocycles. The van der Waals surface area contributed by atoms with E-state index in [0.717, 1.165) is 57.7 Å². The maximum atomic E-state index is 12.8. The first-order chi connectivity index (χ1) is 14.4. The fourth-order valence-electron chi connectivity index (χ4n) is 4.31. The van der Waals surface area contributed by atoms with Gasteiger partial charge in [-0.3, -0.25) is 4.79 Å². The summed E-state index contributed by atoms with van der Waals surface area (Å²) in [7, 11) is 1.64. The number of amides is 1. The fraction of sp³-hybridized carbons (Fsp3) is 0.609. The number of likely N-dealkylation sites (N-methyl/N-ethyl adjacent to an activating group) is 1. The molecule has 1 N–H and O–H groups in total. The molecule has 1 aromatic rings. The maximum absolute atomic E-state index is 12.8. The first kappa shape index (κ1) is 22.3. The van der Waals surface area contributed by atoms with Crippen LogP contribution in [0.4, 0.5) is 0 Å². The van der Waals surface area contributed by atoms with E-state index in [2.05, 4.69) is 6.07 Å². The number of carbonyl (C=O) groups is 2. The zero-order chi connectivity index (χ0) is 21.6. The summed E-state index contributed by atoms with van der Waals surface area (Å²) in [6.45, 7) is 6.01. The largest absolute Gasteiger partial charge is 0.449 e. The Morgan fingerprint density at radius 2 is 1.83 bits per heavy atom. The number of quaternary nitrogens is 1. The summed E-state index contributed by atoms with van der Waals surface area (Å²) in [5.41, 5.74) is 0.783.